The summed E-state index contributed by atoms with van der Waals surface area (Å²) in [4.78, 5) is 0. The second-order valence-corrected chi connectivity index (χ2v) is 11.5. The Morgan fingerprint density at radius 1 is 1.31 bits per heavy atom. The first-order valence-electron chi connectivity index (χ1n) is 6.14. The first kappa shape index (κ1) is 16.6. The molecule has 0 aliphatic heterocycles. The molecule has 0 N–H and O–H groups in total. The van der Waals surface area contributed by atoms with E-state index in [4.69, 9.17) is 4.43 Å². The Bertz CT molecular complexity index is 218. The normalized spacial score (nSPS) is 15.7. The summed E-state index contributed by atoms with van der Waals surface area (Å²) < 4.78 is 8.39. The molecule has 0 amide bonds. The summed E-state index contributed by atoms with van der Waals surface area (Å²) in [6.07, 6.45) is 6.21. The highest BCUT2D eigenvalue weighted by molar-refractivity contribution is 14.1. The van der Waals surface area contributed by atoms with Crippen LogP contribution >= 0.6 is 22.6 Å². The van der Waals surface area contributed by atoms with E-state index in [2.05, 4.69) is 73.5 Å². The summed E-state index contributed by atoms with van der Waals surface area (Å²) in [5.74, 6) is 0. The first-order chi connectivity index (χ1) is 7.20. The van der Waals surface area contributed by atoms with Crippen LogP contribution in [0.3, 0.4) is 0 Å². The number of hydrogen-bond donors (Lipinski definition) is 0. The number of halogens is 1. The molecule has 3 heteroatoms. The van der Waals surface area contributed by atoms with Gasteiger partial charge >= 0.3 is 0 Å². The molecule has 0 spiro atoms. The molecule has 0 saturated heterocycles. The van der Waals surface area contributed by atoms with Crippen molar-refractivity contribution in [2.75, 3.05) is 0 Å². The van der Waals surface area contributed by atoms with E-state index in [9.17, 15) is 0 Å². The van der Waals surface area contributed by atoms with Crippen molar-refractivity contribution in [2.45, 2.75) is 71.2 Å². The highest BCUT2D eigenvalue weighted by Gasteiger charge is 2.38. The lowest BCUT2D eigenvalue weighted by Crippen LogP contribution is -2.43. The van der Waals surface area contributed by atoms with Gasteiger partial charge in [0, 0.05) is 6.10 Å². The summed E-state index contributed by atoms with van der Waals surface area (Å²) in [5, 5.41) is 0.323. The molecule has 1 atom stereocenters. The van der Waals surface area contributed by atoms with Crippen molar-refractivity contribution < 1.29 is 4.43 Å². The Morgan fingerprint density at radius 3 is 2.31 bits per heavy atom. The fourth-order valence-electron chi connectivity index (χ4n) is 1.32. The summed E-state index contributed by atoms with van der Waals surface area (Å²) in [6.45, 7) is 13.8. The summed E-state index contributed by atoms with van der Waals surface area (Å²) >= 11 is 2.27. The second-order valence-electron chi connectivity index (χ2n) is 5.98. The maximum absolute atomic E-state index is 6.30. The van der Waals surface area contributed by atoms with Crippen LogP contribution in [-0.4, -0.2) is 14.4 Å². The van der Waals surface area contributed by atoms with E-state index in [1.165, 1.54) is 19.3 Å². The molecule has 96 valence electrons. The Morgan fingerprint density at radius 2 is 1.88 bits per heavy atom. The zero-order chi connectivity index (χ0) is 12.8. The average Bonchev–Trinajstić information content (AvgIpc) is 2.10. The maximum atomic E-state index is 6.30. The predicted octanol–water partition coefficient (Wildman–Crippen LogP) is 5.52. The standard InChI is InChI=1S/C13H27IOSi/c1-12(10-8-7-9-11-14)15-16(5,6)13(2,3)4/h9,11-12H,7-8,10H2,1-6H3/b11-9+/t12-/m1/s1. The van der Waals surface area contributed by atoms with E-state index in [0.717, 1.165) is 0 Å². The fraction of sp³-hybridized carbons (Fsp3) is 0.846. The zero-order valence-electron chi connectivity index (χ0n) is 11.6. The molecule has 0 aromatic carbocycles. The lowest BCUT2D eigenvalue weighted by atomic mass is 10.2. The average molecular weight is 354 g/mol. The van der Waals surface area contributed by atoms with Crippen LogP contribution in [0.2, 0.25) is 18.1 Å². The molecule has 0 fully saturated rings. The van der Waals surface area contributed by atoms with Gasteiger partial charge in [0.2, 0.25) is 0 Å². The van der Waals surface area contributed by atoms with Crippen molar-refractivity contribution in [2.24, 2.45) is 0 Å². The second kappa shape index (κ2) is 7.16. The third kappa shape index (κ3) is 6.40. The Hall–Kier alpha value is 0.647. The minimum atomic E-state index is -1.56. The van der Waals surface area contributed by atoms with E-state index in [1.54, 1.807) is 0 Å². The maximum Gasteiger partial charge on any atom is 0.192 e. The Kier molecular flexibility index (Phi) is 7.45. The van der Waals surface area contributed by atoms with Crippen LogP contribution in [0.25, 0.3) is 0 Å². The Labute approximate surface area is 116 Å². The van der Waals surface area contributed by atoms with Crippen molar-refractivity contribution >= 4 is 30.9 Å². The number of hydrogen-bond acceptors (Lipinski definition) is 1. The predicted molar refractivity (Wildman–Crippen MR) is 84.8 cm³/mol. The monoisotopic (exact) mass is 354 g/mol. The molecule has 0 unspecified atom stereocenters. The number of unbranched alkanes of at least 4 members (excludes halogenated alkanes) is 1. The molecule has 0 rings (SSSR count). The molecule has 16 heavy (non-hydrogen) atoms. The Balaban J connectivity index is 3.99. The molecule has 0 aromatic rings. The molecule has 0 radical (unpaired) electrons. The highest BCUT2D eigenvalue weighted by Crippen LogP contribution is 2.37. The summed E-state index contributed by atoms with van der Waals surface area (Å²) in [7, 11) is -1.56. The van der Waals surface area contributed by atoms with Crippen LogP contribution in [0, 0.1) is 0 Å². The van der Waals surface area contributed by atoms with Crippen LogP contribution in [-0.2, 0) is 4.43 Å². The molecule has 0 aromatic heterocycles. The van der Waals surface area contributed by atoms with Crippen LogP contribution < -0.4 is 0 Å². The highest BCUT2D eigenvalue weighted by atomic mass is 127. The molecule has 0 saturated carbocycles. The topological polar surface area (TPSA) is 9.23 Å². The molecule has 0 aliphatic rings. The van der Waals surface area contributed by atoms with Crippen molar-refractivity contribution in [3.63, 3.8) is 0 Å². The van der Waals surface area contributed by atoms with Gasteiger partial charge < -0.3 is 4.43 Å². The van der Waals surface area contributed by atoms with Gasteiger partial charge in [0.1, 0.15) is 0 Å². The van der Waals surface area contributed by atoms with Crippen molar-refractivity contribution in [1.29, 1.82) is 0 Å². The van der Waals surface area contributed by atoms with E-state index in [0.29, 0.717) is 11.1 Å². The van der Waals surface area contributed by atoms with Gasteiger partial charge in [-0.2, -0.15) is 0 Å². The lowest BCUT2D eigenvalue weighted by Gasteiger charge is -2.38. The molecule has 0 bridgehead atoms. The van der Waals surface area contributed by atoms with Crippen LogP contribution in [0.15, 0.2) is 10.2 Å². The smallest absolute Gasteiger partial charge is 0.192 e. The van der Waals surface area contributed by atoms with Crippen LogP contribution in [0.5, 0.6) is 0 Å². The van der Waals surface area contributed by atoms with Gasteiger partial charge in [-0.05, 0) is 48.4 Å². The van der Waals surface area contributed by atoms with Gasteiger partial charge in [0.25, 0.3) is 0 Å². The van der Waals surface area contributed by atoms with Crippen molar-refractivity contribution in [3.05, 3.63) is 10.2 Å². The number of allylic oxidation sites excluding steroid dienone is 1. The fourth-order valence-corrected chi connectivity index (χ4v) is 3.16. The van der Waals surface area contributed by atoms with Crippen molar-refractivity contribution in [3.8, 4) is 0 Å². The van der Waals surface area contributed by atoms with E-state index < -0.39 is 8.32 Å². The van der Waals surface area contributed by atoms with E-state index in [-0.39, 0.29) is 0 Å². The third-order valence-corrected chi connectivity index (χ3v) is 8.49. The van der Waals surface area contributed by atoms with E-state index in [1.807, 2.05) is 0 Å². The summed E-state index contributed by atoms with van der Waals surface area (Å²) in [5.41, 5.74) is 0. The molecule has 1 nitrogen and oxygen atoms in total. The van der Waals surface area contributed by atoms with Gasteiger partial charge in [-0.1, -0.05) is 49.4 Å². The lowest BCUT2D eigenvalue weighted by molar-refractivity contribution is 0.187. The molecular formula is C13H27IOSi. The largest absolute Gasteiger partial charge is 0.414 e. The number of rotatable bonds is 6. The molecular weight excluding hydrogens is 327 g/mol. The van der Waals surface area contributed by atoms with Gasteiger partial charge in [-0.3, -0.25) is 0 Å². The van der Waals surface area contributed by atoms with Gasteiger partial charge in [0.15, 0.2) is 8.32 Å². The van der Waals surface area contributed by atoms with Gasteiger partial charge in [0.05, 0.1) is 0 Å². The molecule has 0 aliphatic carbocycles. The third-order valence-electron chi connectivity index (χ3n) is 3.37. The first-order valence-corrected chi connectivity index (χ1v) is 10.3. The van der Waals surface area contributed by atoms with Crippen LogP contribution in [0.1, 0.15) is 47.0 Å². The van der Waals surface area contributed by atoms with Crippen LogP contribution in [0.4, 0.5) is 0 Å². The van der Waals surface area contributed by atoms with Gasteiger partial charge in [-0.25, -0.2) is 0 Å². The molecule has 0 heterocycles. The summed E-state index contributed by atoms with van der Waals surface area (Å²) in [6, 6.07) is 0. The van der Waals surface area contributed by atoms with Crippen molar-refractivity contribution in [1.82, 2.24) is 0 Å². The SMILES string of the molecule is C[C@H](CCC/C=C/I)O[Si](C)(C)C(C)(C)C. The zero-order valence-corrected chi connectivity index (χ0v) is 14.8. The van der Waals surface area contributed by atoms with Gasteiger partial charge in [-0.15, -0.1) is 0 Å². The quantitative estimate of drug-likeness (QED) is 0.347. The minimum Gasteiger partial charge on any atom is -0.414 e. The minimum absolute atomic E-state index is 0.323. The van der Waals surface area contributed by atoms with E-state index >= 15 is 0 Å².